The maximum atomic E-state index is 11.2. The Balaban J connectivity index is 2.33. The molecule has 0 radical (unpaired) electrons. The van der Waals surface area contributed by atoms with Crippen LogP contribution >= 0.6 is 23.2 Å². The van der Waals surface area contributed by atoms with Crippen LogP contribution < -0.4 is 0 Å². The molecule has 0 atom stereocenters. The Morgan fingerprint density at radius 2 is 1.85 bits per heavy atom. The highest BCUT2D eigenvalue weighted by Crippen LogP contribution is 2.11. The number of rotatable bonds is 1. The van der Waals surface area contributed by atoms with Gasteiger partial charge in [-0.1, -0.05) is 23.2 Å². The topological polar surface area (TPSA) is 29.5 Å². The van der Waals surface area contributed by atoms with E-state index in [0.717, 1.165) is 32.2 Å². The highest BCUT2D eigenvalue weighted by atomic mass is 35.5. The molecule has 0 aromatic heterocycles. The molecule has 1 aliphatic rings. The van der Waals surface area contributed by atoms with Crippen LogP contribution in [-0.2, 0) is 4.74 Å². The summed E-state index contributed by atoms with van der Waals surface area (Å²) >= 11 is 10.6. The first-order valence-electron chi connectivity index (χ1n) is 4.17. The van der Waals surface area contributed by atoms with Crippen LogP contribution in [0.5, 0.6) is 0 Å². The lowest BCUT2D eigenvalue weighted by Crippen LogP contribution is -2.35. The fourth-order valence-electron chi connectivity index (χ4n) is 1.25. The smallest absolute Gasteiger partial charge is 0.414 e. The Labute approximate surface area is 87.2 Å². The zero-order chi connectivity index (χ0) is 9.68. The molecule has 1 saturated heterocycles. The third-order valence-electron chi connectivity index (χ3n) is 1.86. The van der Waals surface area contributed by atoms with E-state index < -0.39 is 0 Å². The fraction of sp³-hybridized carbons (Fsp3) is 0.625. The summed E-state index contributed by atoms with van der Waals surface area (Å²) in [6.07, 6.45) is 3.91. The second-order valence-electron chi connectivity index (χ2n) is 2.84. The van der Waals surface area contributed by atoms with Gasteiger partial charge in [0.05, 0.1) is 0 Å². The summed E-state index contributed by atoms with van der Waals surface area (Å²) in [5.74, 6) is 0. The number of piperidine rings is 1. The lowest BCUT2D eigenvalue weighted by molar-refractivity contribution is 0.128. The van der Waals surface area contributed by atoms with E-state index in [9.17, 15) is 4.79 Å². The molecule has 0 spiro atoms. The molecule has 1 heterocycles. The molecule has 0 aromatic rings. The molecule has 0 N–H and O–H groups in total. The van der Waals surface area contributed by atoms with Gasteiger partial charge in [-0.15, -0.1) is 0 Å². The quantitative estimate of drug-likeness (QED) is 0.641. The number of carbonyl (C=O) groups is 1. The van der Waals surface area contributed by atoms with E-state index in [0.29, 0.717) is 0 Å². The van der Waals surface area contributed by atoms with Crippen molar-refractivity contribution in [3.8, 4) is 0 Å². The Bertz CT molecular complexity index is 208. The lowest BCUT2D eigenvalue weighted by atomic mass is 10.1. The molecule has 3 nitrogen and oxygen atoms in total. The number of hydrogen-bond donors (Lipinski definition) is 0. The first-order chi connectivity index (χ1) is 6.20. The van der Waals surface area contributed by atoms with Crippen LogP contribution in [0, 0.1) is 0 Å². The summed E-state index contributed by atoms with van der Waals surface area (Å²) in [7, 11) is 0. The van der Waals surface area contributed by atoms with Crippen LogP contribution in [0.25, 0.3) is 0 Å². The van der Waals surface area contributed by atoms with Crippen LogP contribution in [0.2, 0.25) is 0 Å². The van der Waals surface area contributed by atoms with Gasteiger partial charge in [0, 0.05) is 13.1 Å². The second-order valence-corrected chi connectivity index (χ2v) is 3.85. The van der Waals surface area contributed by atoms with Crippen molar-refractivity contribution < 1.29 is 9.53 Å². The van der Waals surface area contributed by atoms with Gasteiger partial charge in [0.2, 0.25) is 0 Å². The number of nitrogens with zero attached hydrogens (tertiary/aromatic N) is 1. The second kappa shape index (κ2) is 5.35. The maximum absolute atomic E-state index is 11.2. The predicted molar refractivity (Wildman–Crippen MR) is 51.7 cm³/mol. The van der Waals surface area contributed by atoms with Gasteiger partial charge in [-0.2, -0.15) is 0 Å². The van der Waals surface area contributed by atoms with E-state index in [4.69, 9.17) is 27.9 Å². The summed E-state index contributed by atoms with van der Waals surface area (Å²) in [5.41, 5.74) is 0. The van der Waals surface area contributed by atoms with Gasteiger partial charge in [0.1, 0.15) is 10.8 Å². The molecule has 5 heteroatoms. The molecule has 0 unspecified atom stereocenters. The molecule has 0 aromatic carbocycles. The largest absolute Gasteiger partial charge is 0.416 e. The zero-order valence-electron chi connectivity index (χ0n) is 7.13. The molecule has 1 fully saturated rings. The van der Waals surface area contributed by atoms with Crippen LogP contribution in [0.4, 0.5) is 4.79 Å². The van der Waals surface area contributed by atoms with Gasteiger partial charge in [0.25, 0.3) is 0 Å². The van der Waals surface area contributed by atoms with Crippen molar-refractivity contribution >= 4 is 29.3 Å². The van der Waals surface area contributed by atoms with Crippen LogP contribution in [0.15, 0.2) is 10.8 Å². The van der Waals surface area contributed by atoms with E-state index in [-0.39, 0.29) is 10.6 Å². The van der Waals surface area contributed by atoms with Crippen LogP contribution in [0.3, 0.4) is 0 Å². The minimum atomic E-state index is -0.376. The maximum Gasteiger partial charge on any atom is 0.414 e. The van der Waals surface area contributed by atoms with E-state index >= 15 is 0 Å². The van der Waals surface area contributed by atoms with Gasteiger partial charge >= 0.3 is 6.09 Å². The molecule has 1 aliphatic heterocycles. The summed E-state index contributed by atoms with van der Waals surface area (Å²) in [5, 5.41) is 0. The van der Waals surface area contributed by atoms with Crippen molar-refractivity contribution in [2.75, 3.05) is 13.1 Å². The number of carbonyl (C=O) groups excluding carboxylic acids is 1. The number of halogens is 2. The summed E-state index contributed by atoms with van der Waals surface area (Å²) in [4.78, 5) is 12.9. The Morgan fingerprint density at radius 1 is 1.23 bits per heavy atom. The first-order valence-corrected chi connectivity index (χ1v) is 4.92. The Morgan fingerprint density at radius 3 is 2.38 bits per heavy atom. The van der Waals surface area contributed by atoms with Crippen molar-refractivity contribution in [3.05, 3.63) is 10.8 Å². The average molecular weight is 224 g/mol. The number of likely N-dealkylation sites (tertiary alicyclic amines) is 1. The van der Waals surface area contributed by atoms with Gasteiger partial charge in [-0.3, -0.25) is 0 Å². The number of amides is 1. The van der Waals surface area contributed by atoms with Crippen molar-refractivity contribution in [3.63, 3.8) is 0 Å². The molecule has 1 rings (SSSR count). The third-order valence-corrected chi connectivity index (χ3v) is 2.04. The minimum absolute atomic E-state index is 0.0506. The zero-order valence-corrected chi connectivity index (χ0v) is 8.64. The standard InChI is InChI=1S/C8H11Cl2NO2/c9-7(10)6-13-8(12)11-4-2-1-3-5-11/h6H,1-5H2. The van der Waals surface area contributed by atoms with Crippen molar-refractivity contribution in [2.45, 2.75) is 19.3 Å². The van der Waals surface area contributed by atoms with Gasteiger partial charge in [0.15, 0.2) is 0 Å². The molecule has 74 valence electrons. The average Bonchev–Trinajstić information content (AvgIpc) is 2.15. The number of hydrogen-bond acceptors (Lipinski definition) is 2. The normalized spacial score (nSPS) is 16.6. The van der Waals surface area contributed by atoms with Gasteiger partial charge in [-0.25, -0.2) is 4.79 Å². The lowest BCUT2D eigenvalue weighted by Gasteiger charge is -2.24. The Hall–Kier alpha value is -0.410. The molecule has 0 aliphatic carbocycles. The van der Waals surface area contributed by atoms with Gasteiger partial charge in [-0.05, 0) is 19.3 Å². The number of ether oxygens (including phenoxy) is 1. The van der Waals surface area contributed by atoms with E-state index in [2.05, 4.69) is 0 Å². The molecule has 0 bridgehead atoms. The minimum Gasteiger partial charge on any atom is -0.416 e. The van der Waals surface area contributed by atoms with Crippen molar-refractivity contribution in [2.24, 2.45) is 0 Å². The van der Waals surface area contributed by atoms with E-state index in [1.807, 2.05) is 0 Å². The Kier molecular flexibility index (Phi) is 4.39. The van der Waals surface area contributed by atoms with E-state index in [1.54, 1.807) is 4.90 Å². The highest BCUT2D eigenvalue weighted by molar-refractivity contribution is 6.55. The predicted octanol–water partition coefficient (Wildman–Crippen LogP) is 2.89. The molecule has 0 saturated carbocycles. The van der Waals surface area contributed by atoms with Gasteiger partial charge < -0.3 is 9.64 Å². The highest BCUT2D eigenvalue weighted by Gasteiger charge is 2.16. The fourth-order valence-corrected chi connectivity index (χ4v) is 1.34. The molecule has 13 heavy (non-hydrogen) atoms. The van der Waals surface area contributed by atoms with Crippen LogP contribution in [0.1, 0.15) is 19.3 Å². The monoisotopic (exact) mass is 223 g/mol. The summed E-state index contributed by atoms with van der Waals surface area (Å²) in [6.45, 7) is 1.51. The summed E-state index contributed by atoms with van der Waals surface area (Å²) in [6, 6.07) is 0. The van der Waals surface area contributed by atoms with Crippen molar-refractivity contribution in [1.29, 1.82) is 0 Å². The molecule has 1 amide bonds. The summed E-state index contributed by atoms with van der Waals surface area (Å²) < 4.78 is 4.65. The van der Waals surface area contributed by atoms with Crippen molar-refractivity contribution in [1.82, 2.24) is 4.90 Å². The molecular formula is C8H11Cl2NO2. The molecular weight excluding hydrogens is 213 g/mol. The van der Waals surface area contributed by atoms with Crippen LogP contribution in [-0.4, -0.2) is 24.1 Å². The van der Waals surface area contributed by atoms with E-state index in [1.165, 1.54) is 6.42 Å². The third kappa shape index (κ3) is 3.87. The first kappa shape index (κ1) is 10.7. The SMILES string of the molecule is O=C(OC=C(Cl)Cl)N1CCCCC1.